The van der Waals surface area contributed by atoms with E-state index in [1.165, 1.54) is 0 Å². The molecule has 3 aromatic rings. The lowest BCUT2D eigenvalue weighted by Crippen LogP contribution is -2.30. The zero-order valence-electron chi connectivity index (χ0n) is 19.7. The largest absolute Gasteiger partial charge is 0.426 e. The molecule has 0 radical (unpaired) electrons. The van der Waals surface area contributed by atoms with Crippen molar-refractivity contribution in [2.75, 3.05) is 16.3 Å². The van der Waals surface area contributed by atoms with E-state index >= 15 is 0 Å². The van der Waals surface area contributed by atoms with Crippen LogP contribution in [-0.4, -0.2) is 30.2 Å². The van der Waals surface area contributed by atoms with Crippen LogP contribution in [0.1, 0.15) is 43.8 Å². The molecule has 0 aliphatic carbocycles. The molecule has 5 rings (SSSR count). The number of hydrogen-bond acceptors (Lipinski definition) is 5. The van der Waals surface area contributed by atoms with Crippen LogP contribution in [0.5, 0.6) is 5.75 Å². The summed E-state index contributed by atoms with van der Waals surface area (Å²) < 4.78 is 5.59. The Balaban J connectivity index is 1.31. The maximum absolute atomic E-state index is 12.9. The number of nitrogens with zero attached hydrogens (tertiary/aromatic N) is 2. The van der Waals surface area contributed by atoms with Crippen molar-refractivity contribution in [1.82, 2.24) is 0 Å². The highest BCUT2D eigenvalue weighted by Gasteiger charge is 2.38. The Morgan fingerprint density at radius 2 is 1.51 bits per heavy atom. The number of amides is 3. The van der Waals surface area contributed by atoms with Gasteiger partial charge in [0.25, 0.3) is 11.8 Å². The molecule has 2 heterocycles. The summed E-state index contributed by atoms with van der Waals surface area (Å²) in [5, 5.41) is 0. The van der Waals surface area contributed by atoms with E-state index in [9.17, 15) is 19.2 Å². The Hall–Kier alpha value is -4.26. The van der Waals surface area contributed by atoms with Gasteiger partial charge in [-0.1, -0.05) is 24.3 Å². The molecular weight excluding hydrogens is 444 g/mol. The fourth-order valence-electron chi connectivity index (χ4n) is 4.68. The molecule has 2 aliphatic heterocycles. The lowest BCUT2D eigenvalue weighted by molar-refractivity contribution is -0.139. The molecule has 7 heteroatoms. The van der Waals surface area contributed by atoms with E-state index in [1.807, 2.05) is 32.0 Å². The predicted molar refractivity (Wildman–Crippen MR) is 131 cm³/mol. The molecule has 0 aromatic heterocycles. The first-order chi connectivity index (χ1) is 16.8. The van der Waals surface area contributed by atoms with Crippen LogP contribution >= 0.6 is 0 Å². The molecule has 0 unspecified atom stereocenters. The average Bonchev–Trinajstić information content (AvgIpc) is 3.34. The topological polar surface area (TPSA) is 84.0 Å². The molecule has 3 amide bonds. The summed E-state index contributed by atoms with van der Waals surface area (Å²) in [6.45, 7) is 5.95. The lowest BCUT2D eigenvalue weighted by Gasteiger charge is -2.20. The molecule has 1 saturated heterocycles. The first-order valence-corrected chi connectivity index (χ1v) is 11.4. The van der Waals surface area contributed by atoms with Crippen LogP contribution in [-0.2, 0) is 9.59 Å². The van der Waals surface area contributed by atoms with E-state index in [4.69, 9.17) is 4.74 Å². The van der Waals surface area contributed by atoms with Crippen LogP contribution in [0.4, 0.5) is 11.4 Å². The SMILES string of the molecule is Cc1cc(OC(=O)[C@@H]2CC(=O)N(c3cccc(C)c3C)C2)ccc1N1C(=O)c2ccccc2C1=O. The highest BCUT2D eigenvalue weighted by atomic mass is 16.5. The quantitative estimate of drug-likeness (QED) is 0.323. The molecule has 7 nitrogen and oxygen atoms in total. The molecule has 2 aliphatic rings. The zero-order chi connectivity index (χ0) is 24.9. The summed E-state index contributed by atoms with van der Waals surface area (Å²) in [7, 11) is 0. The van der Waals surface area contributed by atoms with Crippen molar-refractivity contribution < 1.29 is 23.9 Å². The molecule has 1 fully saturated rings. The number of fused-ring (bicyclic) bond motifs is 1. The highest BCUT2D eigenvalue weighted by molar-refractivity contribution is 6.34. The number of carbonyl (C=O) groups is 4. The number of benzene rings is 3. The van der Waals surface area contributed by atoms with Crippen LogP contribution in [0.25, 0.3) is 0 Å². The molecule has 176 valence electrons. The standard InChI is InChI=1S/C28H24N2O5/c1-16-7-6-10-24(18(16)3)29-15-19(14-25(29)31)28(34)35-20-11-12-23(17(2)13-20)30-26(32)21-8-4-5-9-22(21)27(30)33/h4-13,19H,14-15H2,1-3H3/t19-/m1/s1. The molecular formula is C28H24N2O5. The van der Waals surface area contributed by atoms with Gasteiger partial charge in [0.15, 0.2) is 0 Å². The number of carbonyl (C=O) groups excluding carboxylic acids is 4. The zero-order valence-corrected chi connectivity index (χ0v) is 19.7. The molecule has 0 spiro atoms. The number of aryl methyl sites for hydroxylation is 2. The number of anilines is 2. The summed E-state index contributed by atoms with van der Waals surface area (Å²) >= 11 is 0. The van der Waals surface area contributed by atoms with Crippen molar-refractivity contribution >= 4 is 35.1 Å². The Bertz CT molecular complexity index is 1380. The van der Waals surface area contributed by atoms with Gasteiger partial charge in [-0.2, -0.15) is 0 Å². The van der Waals surface area contributed by atoms with Crippen molar-refractivity contribution in [3.05, 3.63) is 88.5 Å². The number of hydrogen-bond donors (Lipinski definition) is 0. The minimum atomic E-state index is -0.585. The minimum absolute atomic E-state index is 0.0817. The van der Waals surface area contributed by atoms with Crippen LogP contribution in [0.15, 0.2) is 60.7 Å². The van der Waals surface area contributed by atoms with Gasteiger partial charge in [-0.3, -0.25) is 19.2 Å². The van der Waals surface area contributed by atoms with Gasteiger partial charge in [0.1, 0.15) is 5.75 Å². The fourth-order valence-corrected chi connectivity index (χ4v) is 4.68. The monoisotopic (exact) mass is 468 g/mol. The highest BCUT2D eigenvalue weighted by Crippen LogP contribution is 2.34. The second-order valence-corrected chi connectivity index (χ2v) is 8.99. The van der Waals surface area contributed by atoms with Crippen molar-refractivity contribution in [3.8, 4) is 5.75 Å². The minimum Gasteiger partial charge on any atom is -0.426 e. The number of rotatable bonds is 4. The summed E-state index contributed by atoms with van der Waals surface area (Å²) in [5.41, 5.74) is 4.69. The van der Waals surface area contributed by atoms with Crippen LogP contribution < -0.4 is 14.5 Å². The Labute approximate surface area is 202 Å². The number of ether oxygens (including phenoxy) is 1. The fraction of sp³-hybridized carbons (Fsp3) is 0.214. The van der Waals surface area contributed by atoms with E-state index < -0.39 is 11.9 Å². The van der Waals surface area contributed by atoms with Crippen molar-refractivity contribution in [3.63, 3.8) is 0 Å². The normalized spacial score (nSPS) is 17.2. The van der Waals surface area contributed by atoms with Crippen LogP contribution in [0.3, 0.4) is 0 Å². The van der Waals surface area contributed by atoms with Gasteiger partial charge < -0.3 is 9.64 Å². The summed E-state index contributed by atoms with van der Waals surface area (Å²) in [4.78, 5) is 53.9. The van der Waals surface area contributed by atoms with E-state index in [0.29, 0.717) is 28.1 Å². The Kier molecular flexibility index (Phi) is 5.47. The lowest BCUT2D eigenvalue weighted by atomic mass is 10.1. The Morgan fingerprint density at radius 3 is 2.17 bits per heavy atom. The first-order valence-electron chi connectivity index (χ1n) is 11.4. The van der Waals surface area contributed by atoms with E-state index in [2.05, 4.69) is 0 Å². The van der Waals surface area contributed by atoms with E-state index in [0.717, 1.165) is 21.7 Å². The van der Waals surface area contributed by atoms with Gasteiger partial charge in [0.05, 0.1) is 22.7 Å². The third-order valence-electron chi connectivity index (χ3n) is 6.75. The van der Waals surface area contributed by atoms with Gasteiger partial charge in [0.2, 0.25) is 5.91 Å². The van der Waals surface area contributed by atoms with Crippen molar-refractivity contribution in [2.24, 2.45) is 5.92 Å². The predicted octanol–water partition coefficient (Wildman–Crippen LogP) is 4.37. The molecule has 0 bridgehead atoms. The first kappa shape index (κ1) is 22.5. The van der Waals surface area contributed by atoms with Crippen molar-refractivity contribution in [1.29, 1.82) is 0 Å². The summed E-state index contributed by atoms with van der Waals surface area (Å²) in [6, 6.07) is 17.2. The molecule has 0 N–H and O–H groups in total. The molecule has 35 heavy (non-hydrogen) atoms. The van der Waals surface area contributed by atoms with E-state index in [-0.39, 0.29) is 30.7 Å². The summed E-state index contributed by atoms with van der Waals surface area (Å²) in [5.74, 6) is -1.65. The van der Waals surface area contributed by atoms with E-state index in [1.54, 1.807) is 54.3 Å². The van der Waals surface area contributed by atoms with Gasteiger partial charge in [-0.25, -0.2) is 4.90 Å². The van der Waals surface area contributed by atoms with Crippen LogP contribution in [0, 0.1) is 26.7 Å². The number of esters is 1. The molecule has 1 atom stereocenters. The average molecular weight is 469 g/mol. The Morgan fingerprint density at radius 1 is 0.829 bits per heavy atom. The third kappa shape index (κ3) is 3.79. The van der Waals surface area contributed by atoms with Crippen LogP contribution in [0.2, 0.25) is 0 Å². The second-order valence-electron chi connectivity index (χ2n) is 8.99. The smallest absolute Gasteiger partial charge is 0.316 e. The summed E-state index contributed by atoms with van der Waals surface area (Å²) in [6.07, 6.45) is 0.0817. The maximum atomic E-state index is 12.9. The number of imide groups is 1. The third-order valence-corrected chi connectivity index (χ3v) is 6.75. The van der Waals surface area contributed by atoms with Gasteiger partial charge in [-0.15, -0.1) is 0 Å². The van der Waals surface area contributed by atoms with Gasteiger partial charge in [0, 0.05) is 18.7 Å². The maximum Gasteiger partial charge on any atom is 0.316 e. The second kappa shape index (κ2) is 8.51. The molecule has 3 aromatic carbocycles. The van der Waals surface area contributed by atoms with Crippen molar-refractivity contribution in [2.45, 2.75) is 27.2 Å². The van der Waals surface area contributed by atoms with Gasteiger partial charge in [-0.05, 0) is 73.9 Å². The van der Waals surface area contributed by atoms with Gasteiger partial charge >= 0.3 is 5.97 Å². The molecule has 0 saturated carbocycles.